The zero-order chi connectivity index (χ0) is 77.8. The molecule has 0 aliphatic carbocycles. The lowest BCUT2D eigenvalue weighted by Gasteiger charge is -2.33. The van der Waals surface area contributed by atoms with E-state index in [0.29, 0.717) is 38.5 Å². The number of aromatic hydroxyl groups is 1. The number of phenolic OH excluding ortho intramolecular Hbond substituents is 1. The molecular formula is C67H90N18O19S. The summed E-state index contributed by atoms with van der Waals surface area (Å²) >= 11 is 4.34. The molecule has 0 unspecified atom stereocenters. The summed E-state index contributed by atoms with van der Waals surface area (Å²) in [5.41, 5.74) is 27.5. The second-order valence-corrected chi connectivity index (χ2v) is 25.4. The number of H-pyrrole nitrogens is 2. The van der Waals surface area contributed by atoms with Gasteiger partial charge in [-0.25, -0.2) is 0 Å². The van der Waals surface area contributed by atoms with E-state index in [1.807, 2.05) is 0 Å². The molecule has 0 saturated heterocycles. The normalized spacial score (nSPS) is 14.5. The van der Waals surface area contributed by atoms with Crippen molar-refractivity contribution in [3.63, 3.8) is 0 Å². The third-order valence-electron chi connectivity index (χ3n) is 16.6. The van der Waals surface area contributed by atoms with Crippen LogP contribution in [-0.2, 0) is 96.0 Å². The number of thiol groups is 1. The van der Waals surface area contributed by atoms with E-state index in [-0.39, 0.29) is 57.2 Å². The highest BCUT2D eigenvalue weighted by Gasteiger charge is 2.41. The minimum Gasteiger partial charge on any atom is -0.508 e. The Bertz CT molecular complexity index is 4000. The summed E-state index contributed by atoms with van der Waals surface area (Å²) in [4.78, 5) is 221. The van der Waals surface area contributed by atoms with Crippen molar-refractivity contribution in [1.82, 2.24) is 68.5 Å². The van der Waals surface area contributed by atoms with E-state index >= 15 is 9.59 Å². The number of nitrogens with one attached hydrogen (secondary N) is 13. The van der Waals surface area contributed by atoms with Crippen molar-refractivity contribution in [2.24, 2.45) is 28.7 Å². The number of carbonyl (C=O) groups excluding carboxylic acids is 15. The number of nitrogens with two attached hydrogens (primary N) is 5. The maximum absolute atomic E-state index is 15.1. The number of primary amides is 4. The maximum atomic E-state index is 15.1. The average Bonchev–Trinajstić information content (AvgIpc) is 1.80. The van der Waals surface area contributed by atoms with Crippen molar-refractivity contribution in [3.05, 3.63) is 102 Å². The van der Waals surface area contributed by atoms with E-state index < -0.39 is 205 Å². The van der Waals surface area contributed by atoms with Crippen LogP contribution in [0.4, 0.5) is 0 Å². The van der Waals surface area contributed by atoms with Gasteiger partial charge in [0.1, 0.15) is 65.7 Å². The van der Waals surface area contributed by atoms with Crippen LogP contribution in [0.3, 0.4) is 0 Å². The Morgan fingerprint density at radius 1 is 0.505 bits per heavy atom. The zero-order valence-corrected chi connectivity index (χ0v) is 58.6. The van der Waals surface area contributed by atoms with Gasteiger partial charge in [-0.05, 0) is 93.5 Å². The standard InChI is InChI=1S/C67H90N18O19S/c1-33(86)56(84-60(98)43(76-34(2)87)17-20-51(69)89)65(103)81-47(26-36-29-73-41-11-6-4-9-39(36)41)62(100)77-44(18-21-52(70)90)58(96)82-50(32-105)63(101)78-46(25-35-13-15-38(88)16-14-35)61(99)79-48(27-37-30-74-42-12-7-5-10-40(37)42)64(102)85-67(3,23-8-24-68)66(104)83-45(19-22-55(93)94)59(97)80-49(28-53(71)91)57(95)75-31-54(72)92/h4-7,9-16,29-30,33,43-50,56,73-74,86,88,105H,8,17-28,31-32,68H2,1-3H3,(H2,69,89)(H2,70,90)(H2,71,91)(H2,72,92)(H,75,95)(H,76,87)(H,77,100)(H,78,101)(H,79,99)(H,80,97)(H,81,103)(H,82,96)(H,83,104)(H,84,98)(H,85,102)(H,93,94)/t33-,43+,44+,45+,46+,47+,48+,49+,50+,56+,67+/m1/s1. The Kier molecular flexibility index (Phi) is 32.2. The van der Waals surface area contributed by atoms with Crippen LogP contribution in [0.25, 0.3) is 21.8 Å². The third-order valence-corrected chi connectivity index (χ3v) is 16.9. The van der Waals surface area contributed by atoms with Gasteiger partial charge >= 0.3 is 5.97 Å². The molecule has 37 nitrogen and oxygen atoms in total. The van der Waals surface area contributed by atoms with Crippen molar-refractivity contribution < 1.29 is 92.0 Å². The predicted molar refractivity (Wildman–Crippen MR) is 379 cm³/mol. The molecule has 0 saturated carbocycles. The van der Waals surface area contributed by atoms with Gasteiger partial charge in [-0.15, -0.1) is 0 Å². The molecule has 11 atom stereocenters. The average molecular weight is 1480 g/mol. The SMILES string of the molecule is CC(=O)N[C@@H](CCC(N)=O)C(=O)N[C@H](C(=O)N[C@@H](Cc1c[nH]c2ccccc12)C(=O)N[C@@H](CCC(N)=O)C(=O)N[C@@H](CS)C(=O)N[C@@H](Cc1ccc(O)cc1)C(=O)N[C@@H](Cc1c[nH]c2ccccc12)C(=O)N[C@@](C)(CCCN)C(=O)N[C@@H](CCC(=O)O)C(=O)N[C@@H](CC(N)=O)C(=O)NCC(N)=O)[C@@H](C)O. The number of rotatable bonds is 44. The van der Waals surface area contributed by atoms with E-state index in [1.165, 1.54) is 31.2 Å². The van der Waals surface area contributed by atoms with E-state index in [0.717, 1.165) is 13.8 Å². The first-order valence-corrected chi connectivity index (χ1v) is 33.8. The number of benzene rings is 3. The fourth-order valence-corrected chi connectivity index (χ4v) is 11.2. The first-order chi connectivity index (χ1) is 49.6. The Morgan fingerprint density at radius 3 is 1.43 bits per heavy atom. The Morgan fingerprint density at radius 2 is 0.943 bits per heavy atom. The van der Waals surface area contributed by atoms with Crippen LogP contribution in [0, 0.1) is 0 Å². The Labute approximate surface area is 606 Å². The van der Waals surface area contributed by atoms with Crippen molar-refractivity contribution in [1.29, 1.82) is 0 Å². The molecule has 2 heterocycles. The first-order valence-electron chi connectivity index (χ1n) is 33.1. The largest absolute Gasteiger partial charge is 0.508 e. The monoisotopic (exact) mass is 1480 g/mol. The van der Waals surface area contributed by atoms with E-state index in [1.54, 1.807) is 60.9 Å². The lowest BCUT2D eigenvalue weighted by molar-refractivity contribution is -0.140. The van der Waals surface area contributed by atoms with Crippen molar-refractivity contribution in [3.8, 4) is 5.75 Å². The minimum atomic E-state index is -2.08. The molecule has 0 aliphatic heterocycles. The summed E-state index contributed by atoms with van der Waals surface area (Å²) in [6, 6.07) is 3.82. The number of amides is 15. The van der Waals surface area contributed by atoms with Gasteiger partial charge in [0, 0.05) is 85.4 Å². The number of hydrogen-bond acceptors (Lipinski definition) is 20. The zero-order valence-electron chi connectivity index (χ0n) is 57.7. The van der Waals surface area contributed by atoms with Crippen LogP contribution in [0.5, 0.6) is 5.75 Å². The highest BCUT2D eigenvalue weighted by atomic mass is 32.1. The first kappa shape index (κ1) is 84.0. The lowest BCUT2D eigenvalue weighted by Crippen LogP contribution is -2.64. The number of carboxylic acid groups (broad SMARTS) is 1. The van der Waals surface area contributed by atoms with Crippen molar-refractivity contribution in [2.45, 2.75) is 164 Å². The molecule has 0 fully saturated rings. The van der Waals surface area contributed by atoms with Gasteiger partial charge in [-0.2, -0.15) is 12.6 Å². The van der Waals surface area contributed by atoms with Crippen LogP contribution in [0.2, 0.25) is 0 Å². The number of aliphatic hydroxyl groups excluding tert-OH is 1. The van der Waals surface area contributed by atoms with Crippen LogP contribution in [0.1, 0.15) is 95.2 Å². The number of carbonyl (C=O) groups is 16. The molecule has 38 heteroatoms. The van der Waals surface area contributed by atoms with Gasteiger partial charge < -0.3 is 112 Å². The smallest absolute Gasteiger partial charge is 0.303 e. The van der Waals surface area contributed by atoms with Gasteiger partial charge in [-0.3, -0.25) is 76.7 Å². The quantitative estimate of drug-likeness (QED) is 0.0162. The summed E-state index contributed by atoms with van der Waals surface area (Å²) in [5.74, 6) is -17.6. The summed E-state index contributed by atoms with van der Waals surface area (Å²) in [6.45, 7) is 2.69. The summed E-state index contributed by atoms with van der Waals surface area (Å²) in [5, 5.41) is 58.8. The molecule has 0 radical (unpaired) electrons. The van der Waals surface area contributed by atoms with Gasteiger partial charge in [0.15, 0.2) is 0 Å². The third kappa shape index (κ3) is 26.6. The highest BCUT2D eigenvalue weighted by molar-refractivity contribution is 7.80. The minimum absolute atomic E-state index is 0.0174. The highest BCUT2D eigenvalue weighted by Crippen LogP contribution is 2.23. The summed E-state index contributed by atoms with van der Waals surface area (Å²) < 4.78 is 0. The predicted octanol–water partition coefficient (Wildman–Crippen LogP) is -5.44. The maximum Gasteiger partial charge on any atom is 0.303 e. The number of para-hydroxylation sites is 2. The number of hydrogen-bond donors (Lipinski definition) is 22. The van der Waals surface area contributed by atoms with Gasteiger partial charge in [0.25, 0.3) is 0 Å². The molecule has 0 aliphatic rings. The number of fused-ring (bicyclic) bond motifs is 2. The molecule has 3 aromatic carbocycles. The topological polar surface area (TPSA) is 628 Å². The molecule has 568 valence electrons. The van der Waals surface area contributed by atoms with E-state index in [4.69, 9.17) is 28.7 Å². The van der Waals surface area contributed by atoms with Gasteiger partial charge in [0.2, 0.25) is 88.6 Å². The van der Waals surface area contributed by atoms with E-state index in [2.05, 4.69) is 81.1 Å². The number of aliphatic carboxylic acids is 1. The van der Waals surface area contributed by atoms with E-state index in [9.17, 15) is 82.4 Å². The second-order valence-electron chi connectivity index (χ2n) is 25.1. The van der Waals surface area contributed by atoms with Crippen LogP contribution >= 0.6 is 12.6 Å². The fourth-order valence-electron chi connectivity index (χ4n) is 11.0. The second kappa shape index (κ2) is 40.2. The summed E-state index contributed by atoms with van der Waals surface area (Å²) in [6.07, 6.45) is -3.82. The Balaban J connectivity index is 1.48. The summed E-state index contributed by atoms with van der Waals surface area (Å²) in [7, 11) is 0. The number of aliphatic hydroxyl groups is 1. The molecule has 0 bridgehead atoms. The van der Waals surface area contributed by atoms with Crippen LogP contribution in [-0.4, -0.2) is 205 Å². The molecular weight excluding hydrogens is 1390 g/mol. The van der Waals surface area contributed by atoms with Crippen molar-refractivity contribution >= 4 is 129 Å². The van der Waals surface area contributed by atoms with Crippen LogP contribution in [0.15, 0.2) is 85.2 Å². The number of aromatic nitrogens is 2. The lowest BCUT2D eigenvalue weighted by atomic mass is 9.92. The van der Waals surface area contributed by atoms with Gasteiger partial charge in [0.05, 0.1) is 19.1 Å². The molecule has 2 aromatic heterocycles. The number of carboxylic acids is 1. The number of aromatic amines is 2. The molecule has 26 N–H and O–H groups in total. The molecule has 5 aromatic rings. The fraction of sp³-hybridized carbons (Fsp3) is 0.433. The van der Waals surface area contributed by atoms with Crippen LogP contribution < -0.4 is 87.2 Å². The Hall–Kier alpha value is -11.7. The molecule has 105 heavy (non-hydrogen) atoms. The number of phenols is 1. The molecule has 0 spiro atoms. The van der Waals surface area contributed by atoms with Gasteiger partial charge in [-0.1, -0.05) is 48.5 Å². The molecule has 5 rings (SSSR count). The molecule has 15 amide bonds. The van der Waals surface area contributed by atoms with Crippen molar-refractivity contribution in [2.75, 3.05) is 18.8 Å².